The summed E-state index contributed by atoms with van der Waals surface area (Å²) in [6.45, 7) is 9.14. The van der Waals surface area contributed by atoms with Crippen LogP contribution in [-0.2, 0) is 9.47 Å². The summed E-state index contributed by atoms with van der Waals surface area (Å²) in [7, 11) is 3.43. The number of rotatable bonds is 13. The zero-order valence-electron chi connectivity index (χ0n) is 24.9. The molecule has 42 heavy (non-hydrogen) atoms. The predicted octanol–water partition coefficient (Wildman–Crippen LogP) is 7.03. The monoisotopic (exact) mass is 563 g/mol. The van der Waals surface area contributed by atoms with Crippen LogP contribution in [0.3, 0.4) is 0 Å². The maximum Gasteiger partial charge on any atom is 0.229 e. The lowest BCUT2D eigenvalue weighted by molar-refractivity contribution is -0.592. The van der Waals surface area contributed by atoms with Crippen molar-refractivity contribution in [1.82, 2.24) is 4.98 Å². The summed E-state index contributed by atoms with van der Waals surface area (Å²) in [6, 6.07) is 26.8. The van der Waals surface area contributed by atoms with Gasteiger partial charge in [0.25, 0.3) is 0 Å². The van der Waals surface area contributed by atoms with Gasteiger partial charge < -0.3 is 19.3 Å². The molecule has 0 amide bonds. The van der Waals surface area contributed by atoms with Gasteiger partial charge in [-0.05, 0) is 74.5 Å². The largest absolute Gasteiger partial charge is 0.383 e. The van der Waals surface area contributed by atoms with E-state index in [9.17, 15) is 0 Å². The van der Waals surface area contributed by atoms with Gasteiger partial charge in [-0.25, -0.2) is 4.98 Å². The Morgan fingerprint density at radius 2 is 1.24 bits per heavy atom. The second-order valence-electron chi connectivity index (χ2n) is 10.0. The summed E-state index contributed by atoms with van der Waals surface area (Å²) < 4.78 is 12.7. The number of ether oxygens (including phenoxy) is 2. The van der Waals surface area contributed by atoms with Crippen molar-refractivity contribution in [2.45, 2.75) is 13.8 Å². The predicted molar refractivity (Wildman–Crippen MR) is 171 cm³/mol. The van der Waals surface area contributed by atoms with Crippen molar-refractivity contribution in [3.8, 4) is 5.69 Å². The molecule has 0 bridgehead atoms. The molecular weight excluding hydrogens is 524 g/mol. The molecule has 0 saturated carbocycles. The fourth-order valence-electron chi connectivity index (χ4n) is 5.19. The first kappa shape index (κ1) is 29.1. The first-order valence-electron chi connectivity index (χ1n) is 14.5. The van der Waals surface area contributed by atoms with Crippen LogP contribution in [0.1, 0.15) is 13.8 Å². The van der Waals surface area contributed by atoms with E-state index in [1.54, 1.807) is 14.2 Å². The minimum atomic E-state index is 0.650. The maximum atomic E-state index is 5.28. The lowest BCUT2D eigenvalue weighted by Crippen LogP contribution is -2.30. The third kappa shape index (κ3) is 6.56. The second kappa shape index (κ2) is 14.0. The number of azo groups is 1. The normalized spacial score (nSPS) is 11.5. The third-order valence-corrected chi connectivity index (χ3v) is 7.44. The molecule has 0 aliphatic carbocycles. The van der Waals surface area contributed by atoms with Crippen LogP contribution in [0.2, 0.25) is 0 Å². The molecule has 0 N–H and O–H groups in total. The van der Waals surface area contributed by atoms with Crippen LogP contribution in [-0.4, -0.2) is 58.6 Å². The van der Waals surface area contributed by atoms with E-state index in [-0.39, 0.29) is 0 Å². The molecule has 5 rings (SSSR count). The van der Waals surface area contributed by atoms with Gasteiger partial charge in [-0.15, -0.1) is 0 Å². The molecule has 0 saturated heterocycles. The second-order valence-corrected chi connectivity index (χ2v) is 10.0. The van der Waals surface area contributed by atoms with Gasteiger partial charge >= 0.3 is 0 Å². The summed E-state index contributed by atoms with van der Waals surface area (Å²) in [5, 5.41) is 11.3. The van der Waals surface area contributed by atoms with Gasteiger partial charge in [0.1, 0.15) is 0 Å². The molecule has 0 radical (unpaired) electrons. The number of hydrogen-bond acceptors (Lipinski definition) is 7. The molecule has 5 aromatic rings. The van der Waals surface area contributed by atoms with Crippen molar-refractivity contribution in [3.63, 3.8) is 0 Å². The highest BCUT2D eigenvalue weighted by atomic mass is 16.5. The third-order valence-electron chi connectivity index (χ3n) is 7.44. The van der Waals surface area contributed by atoms with Gasteiger partial charge in [0.2, 0.25) is 5.69 Å². The van der Waals surface area contributed by atoms with Crippen LogP contribution in [0.5, 0.6) is 0 Å². The van der Waals surface area contributed by atoms with E-state index in [0.29, 0.717) is 13.2 Å². The topological polar surface area (TPSA) is 66.4 Å². The van der Waals surface area contributed by atoms with E-state index in [2.05, 4.69) is 87.2 Å². The van der Waals surface area contributed by atoms with E-state index in [1.165, 1.54) is 5.69 Å². The fourth-order valence-corrected chi connectivity index (χ4v) is 5.19. The summed E-state index contributed by atoms with van der Waals surface area (Å²) in [6.07, 6.45) is 4.16. The van der Waals surface area contributed by atoms with Gasteiger partial charge in [0.15, 0.2) is 12.4 Å². The maximum absolute atomic E-state index is 5.28. The quantitative estimate of drug-likeness (QED) is 0.0875. The molecule has 8 heteroatoms. The average Bonchev–Trinajstić information content (AvgIpc) is 3.04. The molecule has 0 spiro atoms. The highest BCUT2D eigenvalue weighted by molar-refractivity contribution is 6.03. The van der Waals surface area contributed by atoms with Gasteiger partial charge in [0.05, 0.1) is 46.4 Å². The Morgan fingerprint density at radius 3 is 1.88 bits per heavy atom. The van der Waals surface area contributed by atoms with Crippen molar-refractivity contribution < 1.29 is 14.0 Å². The first-order valence-corrected chi connectivity index (χ1v) is 14.5. The Balaban J connectivity index is 1.51. The van der Waals surface area contributed by atoms with Gasteiger partial charge in [0, 0.05) is 63.9 Å². The number of methoxy groups -OCH3 is 2. The molecule has 0 aliphatic rings. The van der Waals surface area contributed by atoms with Gasteiger partial charge in [-0.2, -0.15) is 14.8 Å². The molecule has 0 atom stereocenters. The minimum absolute atomic E-state index is 0.650. The summed E-state index contributed by atoms with van der Waals surface area (Å²) in [5.74, 6) is 0. The summed E-state index contributed by atoms with van der Waals surface area (Å²) in [5.41, 5.74) is 6.80. The number of benzene rings is 3. The highest BCUT2D eigenvalue weighted by Gasteiger charge is 2.19. The van der Waals surface area contributed by atoms with E-state index < -0.39 is 0 Å². The molecule has 0 unspecified atom stereocenters. The lowest BCUT2D eigenvalue weighted by atomic mass is 10.1. The number of nitrogens with zero attached hydrogens (tertiary/aromatic N) is 6. The van der Waals surface area contributed by atoms with Crippen molar-refractivity contribution in [2.24, 2.45) is 10.2 Å². The van der Waals surface area contributed by atoms with E-state index in [4.69, 9.17) is 14.5 Å². The Morgan fingerprint density at radius 1 is 0.667 bits per heavy atom. The average molecular weight is 564 g/mol. The van der Waals surface area contributed by atoms with E-state index in [1.807, 2.05) is 42.5 Å². The first-order chi connectivity index (χ1) is 20.6. The van der Waals surface area contributed by atoms with Gasteiger partial charge in [-0.3, -0.25) is 0 Å². The minimum Gasteiger partial charge on any atom is -0.383 e. The van der Waals surface area contributed by atoms with Crippen molar-refractivity contribution in [2.75, 3.05) is 63.4 Å². The highest BCUT2D eigenvalue weighted by Crippen LogP contribution is 2.32. The zero-order valence-corrected chi connectivity index (χ0v) is 24.9. The fraction of sp³-hybridized carbons (Fsp3) is 0.294. The Bertz CT molecular complexity index is 1630. The lowest BCUT2D eigenvalue weighted by Gasteiger charge is -2.24. The number of anilines is 2. The number of aromatic nitrogens is 2. The van der Waals surface area contributed by atoms with Crippen molar-refractivity contribution >= 4 is 44.6 Å². The molecule has 2 heterocycles. The van der Waals surface area contributed by atoms with Crippen LogP contribution in [0, 0.1) is 0 Å². The molecule has 3 aromatic carbocycles. The van der Waals surface area contributed by atoms with Crippen molar-refractivity contribution in [3.05, 3.63) is 91.3 Å². The number of hydrogen-bond donors (Lipinski definition) is 0. The Kier molecular flexibility index (Phi) is 9.69. The zero-order chi connectivity index (χ0) is 29.3. The molecule has 0 fully saturated rings. The molecule has 8 nitrogen and oxygen atoms in total. The molecule has 216 valence electrons. The van der Waals surface area contributed by atoms with Crippen LogP contribution in [0.4, 0.5) is 22.7 Å². The molecule has 2 aromatic heterocycles. The van der Waals surface area contributed by atoms with Crippen LogP contribution in [0.25, 0.3) is 27.5 Å². The number of fused-ring (bicyclic) bond motifs is 2. The Labute approximate surface area is 247 Å². The number of pyridine rings is 2. The standard InChI is InChI=1S/C34H39N6O2/c1-5-38(6-2)29-15-17-33-31(25-29)34(40-18-8-7-9-19-40)30-24-27(12-16-32(30)35-33)37-36-26-10-13-28(14-11-26)39(20-22-41-3)21-23-42-4/h7-19,24-25H,5-6,20-23H2,1-4H3/q+1/b37-36+. The SMILES string of the molecule is CCN(CC)c1ccc2nc3ccc(/N=N/c4ccc(N(CCOC)CCOC)cc4)cc3c(-[n+]3ccccc3)c2c1. The van der Waals surface area contributed by atoms with E-state index in [0.717, 1.165) is 70.7 Å². The summed E-state index contributed by atoms with van der Waals surface area (Å²) in [4.78, 5) is 9.61. The van der Waals surface area contributed by atoms with Crippen LogP contribution < -0.4 is 14.4 Å². The van der Waals surface area contributed by atoms with Crippen LogP contribution >= 0.6 is 0 Å². The molecule has 0 aliphatic heterocycles. The van der Waals surface area contributed by atoms with Crippen molar-refractivity contribution in [1.29, 1.82) is 0 Å². The van der Waals surface area contributed by atoms with E-state index >= 15 is 0 Å². The molecular formula is C34H39N6O2+. The smallest absolute Gasteiger partial charge is 0.229 e. The van der Waals surface area contributed by atoms with Crippen LogP contribution in [0.15, 0.2) is 101 Å². The van der Waals surface area contributed by atoms with Gasteiger partial charge in [-0.1, -0.05) is 6.07 Å². The Hall–Kier alpha value is -4.40. The summed E-state index contributed by atoms with van der Waals surface area (Å²) >= 11 is 0.